The van der Waals surface area contributed by atoms with Crippen LogP contribution in [0.1, 0.15) is 23.7 Å². The molecule has 0 saturated heterocycles. The van der Waals surface area contributed by atoms with Crippen molar-refractivity contribution in [1.82, 2.24) is 4.31 Å². The van der Waals surface area contributed by atoms with Gasteiger partial charge in [0.2, 0.25) is 10.0 Å². The average Bonchev–Trinajstić information content (AvgIpc) is 2.40. The van der Waals surface area contributed by atoms with E-state index in [1.165, 1.54) is 0 Å². The van der Waals surface area contributed by atoms with Crippen LogP contribution in [0.4, 0.5) is 4.39 Å². The molecule has 0 unspecified atom stereocenters. The van der Waals surface area contributed by atoms with Gasteiger partial charge in [-0.2, -0.15) is 4.31 Å². The Morgan fingerprint density at radius 3 is 2.62 bits per heavy atom. The molecule has 8 heteroatoms. The summed E-state index contributed by atoms with van der Waals surface area (Å²) in [5, 5.41) is 8.70. The molecule has 0 aliphatic rings. The van der Waals surface area contributed by atoms with E-state index in [9.17, 15) is 17.6 Å². The van der Waals surface area contributed by atoms with Crippen LogP contribution < -0.4 is 0 Å². The molecule has 0 atom stereocenters. The van der Waals surface area contributed by atoms with Crippen molar-refractivity contribution in [2.75, 3.05) is 13.1 Å². The molecule has 114 valence electrons. The number of rotatable bonds is 6. The van der Waals surface area contributed by atoms with E-state index in [2.05, 4.69) is 5.92 Å². The Bertz CT molecular complexity index is 697. The fourth-order valence-corrected chi connectivity index (χ4v) is 3.52. The Hall–Kier alpha value is -1.62. The van der Waals surface area contributed by atoms with Crippen molar-refractivity contribution in [2.24, 2.45) is 0 Å². The normalized spacial score (nSPS) is 11.4. The van der Waals surface area contributed by atoms with Crippen LogP contribution in [0.3, 0.4) is 0 Å². The molecule has 21 heavy (non-hydrogen) atoms. The highest BCUT2D eigenvalue weighted by molar-refractivity contribution is 7.89. The van der Waals surface area contributed by atoms with E-state index < -0.39 is 32.3 Å². The van der Waals surface area contributed by atoms with Gasteiger partial charge in [0.15, 0.2) is 5.82 Å². The van der Waals surface area contributed by atoms with Crippen molar-refractivity contribution in [3.63, 3.8) is 0 Å². The van der Waals surface area contributed by atoms with Crippen LogP contribution in [0.15, 0.2) is 17.0 Å². The highest BCUT2D eigenvalue weighted by Crippen LogP contribution is 2.26. The summed E-state index contributed by atoms with van der Waals surface area (Å²) in [6.07, 6.45) is 5.58. The Morgan fingerprint density at radius 1 is 1.52 bits per heavy atom. The lowest BCUT2D eigenvalue weighted by Crippen LogP contribution is -2.33. The molecule has 0 bridgehead atoms. The topological polar surface area (TPSA) is 74.7 Å². The summed E-state index contributed by atoms with van der Waals surface area (Å²) in [4.78, 5) is 10.1. The van der Waals surface area contributed by atoms with Crippen LogP contribution in [0.25, 0.3) is 0 Å². The smallest absolute Gasteiger partial charge is 0.338 e. The molecule has 5 nitrogen and oxygen atoms in total. The highest BCUT2D eigenvalue weighted by Gasteiger charge is 2.29. The van der Waals surface area contributed by atoms with Gasteiger partial charge >= 0.3 is 5.97 Å². The Balaban J connectivity index is 3.51. The van der Waals surface area contributed by atoms with Gasteiger partial charge in [-0.1, -0.05) is 24.4 Å². The zero-order valence-electron chi connectivity index (χ0n) is 11.1. The van der Waals surface area contributed by atoms with E-state index in [1.807, 2.05) is 0 Å². The maximum absolute atomic E-state index is 14.1. The van der Waals surface area contributed by atoms with Crippen molar-refractivity contribution in [1.29, 1.82) is 0 Å². The van der Waals surface area contributed by atoms with E-state index in [4.69, 9.17) is 23.1 Å². The van der Waals surface area contributed by atoms with Gasteiger partial charge in [-0.25, -0.2) is 17.6 Å². The Labute approximate surface area is 127 Å². The molecular formula is C13H13ClFNO4S. The van der Waals surface area contributed by atoms with Crippen molar-refractivity contribution >= 4 is 27.6 Å². The largest absolute Gasteiger partial charge is 0.478 e. The van der Waals surface area contributed by atoms with Gasteiger partial charge in [-0.15, -0.1) is 6.42 Å². The van der Waals surface area contributed by atoms with Gasteiger partial charge in [0.05, 0.1) is 12.1 Å². The van der Waals surface area contributed by atoms with Gasteiger partial charge in [-0.3, -0.25) is 0 Å². The second-order valence-electron chi connectivity index (χ2n) is 4.11. The van der Waals surface area contributed by atoms with Crippen LogP contribution in [-0.4, -0.2) is 36.9 Å². The predicted octanol–water partition coefficient (Wildman–Crippen LogP) is 2.21. The summed E-state index contributed by atoms with van der Waals surface area (Å²) in [5.74, 6) is -0.788. The van der Waals surface area contributed by atoms with Gasteiger partial charge in [0, 0.05) is 11.6 Å². The molecule has 0 amide bonds. The predicted molar refractivity (Wildman–Crippen MR) is 76.3 cm³/mol. The van der Waals surface area contributed by atoms with Crippen molar-refractivity contribution in [3.8, 4) is 12.3 Å². The molecule has 0 aliphatic carbocycles. The number of carboxylic acid groups (broad SMARTS) is 1. The molecule has 1 N–H and O–H groups in total. The third-order valence-corrected chi connectivity index (χ3v) is 4.66. The van der Waals surface area contributed by atoms with Gasteiger partial charge in [0.25, 0.3) is 0 Å². The van der Waals surface area contributed by atoms with E-state index in [-0.39, 0.29) is 18.1 Å². The molecule has 1 rings (SSSR count). The summed E-state index contributed by atoms with van der Waals surface area (Å²) < 4.78 is 39.8. The lowest BCUT2D eigenvalue weighted by Gasteiger charge is -2.20. The van der Waals surface area contributed by atoms with Crippen LogP contribution in [0, 0.1) is 18.2 Å². The number of aromatic carboxylic acids is 1. The van der Waals surface area contributed by atoms with Crippen LogP contribution >= 0.6 is 11.6 Å². The number of hydrogen-bond acceptors (Lipinski definition) is 3. The van der Waals surface area contributed by atoms with Gasteiger partial charge < -0.3 is 5.11 Å². The molecule has 1 aromatic rings. The number of nitrogens with zero attached hydrogens (tertiary/aromatic N) is 1. The fourth-order valence-electron chi connectivity index (χ4n) is 1.68. The van der Waals surface area contributed by atoms with E-state index in [0.29, 0.717) is 6.42 Å². The van der Waals surface area contributed by atoms with E-state index in [0.717, 1.165) is 16.4 Å². The maximum Gasteiger partial charge on any atom is 0.338 e. The number of sulfonamides is 1. The summed E-state index contributed by atoms with van der Waals surface area (Å²) in [6, 6.07) is 1.72. The molecule has 0 heterocycles. The van der Waals surface area contributed by atoms with Crippen LogP contribution in [0.2, 0.25) is 5.02 Å². The zero-order valence-corrected chi connectivity index (χ0v) is 12.7. The average molecular weight is 334 g/mol. The maximum atomic E-state index is 14.1. The first kappa shape index (κ1) is 17.4. The van der Waals surface area contributed by atoms with Crippen molar-refractivity contribution in [2.45, 2.75) is 18.2 Å². The first-order chi connectivity index (χ1) is 9.75. The van der Waals surface area contributed by atoms with Gasteiger partial charge in [0.1, 0.15) is 4.90 Å². The fraction of sp³-hybridized carbons (Fsp3) is 0.308. The molecule has 0 spiro atoms. The second-order valence-corrected chi connectivity index (χ2v) is 6.46. The van der Waals surface area contributed by atoms with E-state index in [1.54, 1.807) is 6.92 Å². The SMILES string of the molecule is C#CCN(CCC)S(=O)(=O)c1cc(Cl)cc(C(=O)O)c1F. The molecule has 0 radical (unpaired) electrons. The first-order valence-electron chi connectivity index (χ1n) is 5.91. The lowest BCUT2D eigenvalue weighted by molar-refractivity contribution is 0.0691. The number of terminal acetylenes is 1. The van der Waals surface area contributed by atoms with Crippen LogP contribution in [-0.2, 0) is 10.0 Å². The number of benzene rings is 1. The minimum absolute atomic E-state index is 0.0842. The third-order valence-electron chi connectivity index (χ3n) is 2.59. The summed E-state index contributed by atoms with van der Waals surface area (Å²) in [5.41, 5.74) is -0.807. The number of carboxylic acids is 1. The highest BCUT2D eigenvalue weighted by atomic mass is 35.5. The summed E-state index contributed by atoms with van der Waals surface area (Å²) in [6.45, 7) is 1.57. The lowest BCUT2D eigenvalue weighted by atomic mass is 10.2. The summed E-state index contributed by atoms with van der Waals surface area (Å²) in [7, 11) is -4.27. The quantitative estimate of drug-likeness (QED) is 0.810. The third kappa shape index (κ3) is 3.73. The van der Waals surface area contributed by atoms with E-state index >= 15 is 0 Å². The molecule has 0 saturated carbocycles. The Morgan fingerprint density at radius 2 is 2.14 bits per heavy atom. The minimum atomic E-state index is -4.27. The molecule has 0 aromatic heterocycles. The first-order valence-corrected chi connectivity index (χ1v) is 7.73. The molecular weight excluding hydrogens is 321 g/mol. The standard InChI is InChI=1S/C13H13ClFNO4S/c1-3-5-16(6-4-2)21(19,20)11-8-9(14)7-10(12(11)15)13(17)18/h1,7-8H,4-6H2,2H3,(H,17,18). The molecule has 0 fully saturated rings. The second kappa shape index (κ2) is 6.89. The molecule has 0 aliphatic heterocycles. The number of carbonyl (C=O) groups is 1. The summed E-state index contributed by atoms with van der Waals surface area (Å²) >= 11 is 5.68. The molecule has 1 aromatic carbocycles. The Kier molecular flexibility index (Phi) is 5.72. The minimum Gasteiger partial charge on any atom is -0.478 e. The van der Waals surface area contributed by atoms with Crippen LogP contribution in [0.5, 0.6) is 0 Å². The monoisotopic (exact) mass is 333 g/mol. The van der Waals surface area contributed by atoms with Crippen molar-refractivity contribution < 1.29 is 22.7 Å². The number of hydrogen-bond donors (Lipinski definition) is 1. The van der Waals surface area contributed by atoms with Crippen molar-refractivity contribution in [3.05, 3.63) is 28.5 Å². The van der Waals surface area contributed by atoms with Gasteiger partial charge in [-0.05, 0) is 18.6 Å². The zero-order chi connectivity index (χ0) is 16.2. The number of halogens is 2.